The quantitative estimate of drug-likeness (QED) is 0.757. The van der Waals surface area contributed by atoms with Crippen molar-refractivity contribution in [3.63, 3.8) is 0 Å². The second kappa shape index (κ2) is 5.00. The smallest absolute Gasteiger partial charge is 0.0668 e. The molecule has 1 aromatic heterocycles. The Hall–Kier alpha value is -1.83. The molecule has 1 heterocycles. The summed E-state index contributed by atoms with van der Waals surface area (Å²) in [6, 6.07) is 12.3. The third kappa shape index (κ3) is 2.64. The maximum atomic E-state index is 4.71. The molecule has 0 unspecified atom stereocenters. The van der Waals surface area contributed by atoms with Gasteiger partial charge in [-0.2, -0.15) is 0 Å². The first kappa shape index (κ1) is 11.6. The summed E-state index contributed by atoms with van der Waals surface area (Å²) in [6.07, 6.45) is 1.92. The van der Waals surface area contributed by atoms with Crippen molar-refractivity contribution in [2.45, 2.75) is 26.7 Å². The molecule has 2 rings (SSSR count). The Morgan fingerprint density at radius 1 is 1.12 bits per heavy atom. The van der Waals surface area contributed by atoms with E-state index in [9.17, 15) is 0 Å². The largest absolute Gasteiger partial charge is 0.360 e. The number of benzene rings is 1. The maximum Gasteiger partial charge on any atom is 0.0668 e. The van der Waals surface area contributed by atoms with E-state index in [-0.39, 0.29) is 0 Å². The highest BCUT2D eigenvalue weighted by molar-refractivity contribution is 5.98. The van der Waals surface area contributed by atoms with Crippen molar-refractivity contribution in [3.8, 4) is 0 Å². The van der Waals surface area contributed by atoms with Crippen LogP contribution in [0.5, 0.6) is 0 Å². The lowest BCUT2D eigenvalue weighted by Crippen LogP contribution is -1.95. The van der Waals surface area contributed by atoms with Gasteiger partial charge in [0.1, 0.15) is 0 Å². The van der Waals surface area contributed by atoms with Crippen molar-refractivity contribution in [2.24, 2.45) is 4.99 Å². The van der Waals surface area contributed by atoms with Gasteiger partial charge in [-0.1, -0.05) is 32.0 Å². The van der Waals surface area contributed by atoms with Gasteiger partial charge in [0.15, 0.2) is 0 Å². The Labute approximate surface area is 102 Å². The number of rotatable bonds is 3. The minimum absolute atomic E-state index is 0.492. The first-order valence-electron chi connectivity index (χ1n) is 5.96. The first-order valence-corrected chi connectivity index (χ1v) is 5.96. The molecule has 2 heteroatoms. The Morgan fingerprint density at radius 3 is 2.53 bits per heavy atom. The van der Waals surface area contributed by atoms with Gasteiger partial charge in [0.25, 0.3) is 0 Å². The number of nitrogens with one attached hydrogen (secondary N) is 1. The van der Waals surface area contributed by atoms with Crippen LogP contribution in [0.3, 0.4) is 0 Å². The minimum atomic E-state index is 0.492. The van der Waals surface area contributed by atoms with E-state index in [1.807, 2.05) is 31.3 Å². The third-order valence-electron chi connectivity index (χ3n) is 2.83. The van der Waals surface area contributed by atoms with Gasteiger partial charge in [-0.05, 0) is 36.6 Å². The van der Waals surface area contributed by atoms with Crippen LogP contribution in [0.1, 0.15) is 37.9 Å². The van der Waals surface area contributed by atoms with Crippen molar-refractivity contribution >= 4 is 11.4 Å². The predicted molar refractivity (Wildman–Crippen MR) is 73.2 cm³/mol. The zero-order chi connectivity index (χ0) is 12.3. The molecular formula is C15H18N2. The van der Waals surface area contributed by atoms with E-state index >= 15 is 0 Å². The highest BCUT2D eigenvalue weighted by atomic mass is 14.8. The van der Waals surface area contributed by atoms with Crippen LogP contribution in [0.15, 0.2) is 47.6 Å². The summed E-state index contributed by atoms with van der Waals surface area (Å²) in [5.74, 6) is 0.492. The predicted octanol–water partition coefficient (Wildman–Crippen LogP) is 4.28. The van der Waals surface area contributed by atoms with Gasteiger partial charge < -0.3 is 4.98 Å². The van der Waals surface area contributed by atoms with Gasteiger partial charge in [-0.15, -0.1) is 0 Å². The summed E-state index contributed by atoms with van der Waals surface area (Å²) in [6.45, 7) is 6.42. The molecule has 0 atom stereocenters. The molecule has 0 aliphatic heterocycles. The molecule has 0 aliphatic carbocycles. The fourth-order valence-electron chi connectivity index (χ4n) is 1.87. The molecule has 88 valence electrons. The molecule has 2 nitrogen and oxygen atoms in total. The average molecular weight is 226 g/mol. The molecule has 0 amide bonds. The lowest BCUT2D eigenvalue weighted by Gasteiger charge is -2.09. The Kier molecular flexibility index (Phi) is 3.43. The molecule has 0 fully saturated rings. The van der Waals surface area contributed by atoms with Crippen molar-refractivity contribution in [2.75, 3.05) is 0 Å². The van der Waals surface area contributed by atoms with Crippen LogP contribution in [0.2, 0.25) is 0 Å². The zero-order valence-electron chi connectivity index (χ0n) is 10.6. The van der Waals surface area contributed by atoms with Gasteiger partial charge in [-0.25, -0.2) is 0 Å². The second-order valence-corrected chi connectivity index (χ2v) is 4.49. The zero-order valence-corrected chi connectivity index (χ0v) is 10.6. The lowest BCUT2D eigenvalue weighted by atomic mass is 10.0. The van der Waals surface area contributed by atoms with E-state index in [0.717, 1.165) is 17.1 Å². The molecule has 0 spiro atoms. The van der Waals surface area contributed by atoms with Crippen LogP contribution in [0.25, 0.3) is 0 Å². The Balaban J connectivity index is 2.39. The van der Waals surface area contributed by atoms with E-state index in [1.165, 1.54) is 5.56 Å². The van der Waals surface area contributed by atoms with E-state index in [1.54, 1.807) is 0 Å². The van der Waals surface area contributed by atoms with Crippen LogP contribution in [0.4, 0.5) is 5.69 Å². The summed E-state index contributed by atoms with van der Waals surface area (Å²) in [4.78, 5) is 7.88. The summed E-state index contributed by atoms with van der Waals surface area (Å²) in [7, 11) is 0. The standard InChI is InChI=1S/C15H18N2/c1-11(2)13-7-4-5-8-15(13)17-12(3)14-9-6-10-16-14/h4-11,16H,1-3H3. The number of para-hydroxylation sites is 1. The fraction of sp³-hybridized carbons (Fsp3) is 0.267. The summed E-state index contributed by atoms with van der Waals surface area (Å²) < 4.78 is 0. The molecule has 0 aliphatic rings. The lowest BCUT2D eigenvalue weighted by molar-refractivity contribution is 0.867. The normalized spacial score (nSPS) is 12.1. The SMILES string of the molecule is CC(=Nc1ccccc1C(C)C)c1ccc[nH]1. The van der Waals surface area contributed by atoms with E-state index in [2.05, 4.69) is 37.0 Å². The van der Waals surface area contributed by atoms with Crippen molar-refractivity contribution < 1.29 is 0 Å². The van der Waals surface area contributed by atoms with Gasteiger partial charge in [-0.3, -0.25) is 4.99 Å². The molecule has 1 aromatic carbocycles. The molecule has 0 bridgehead atoms. The molecule has 2 aromatic rings. The number of aliphatic imine (C=N–C) groups is 1. The highest BCUT2D eigenvalue weighted by Gasteiger charge is 2.05. The van der Waals surface area contributed by atoms with E-state index < -0.39 is 0 Å². The third-order valence-corrected chi connectivity index (χ3v) is 2.83. The van der Waals surface area contributed by atoms with Crippen LogP contribution in [-0.4, -0.2) is 10.7 Å². The Morgan fingerprint density at radius 2 is 1.88 bits per heavy atom. The van der Waals surface area contributed by atoms with Gasteiger partial charge in [0.05, 0.1) is 17.1 Å². The van der Waals surface area contributed by atoms with Crippen molar-refractivity contribution in [3.05, 3.63) is 53.9 Å². The van der Waals surface area contributed by atoms with E-state index in [4.69, 9.17) is 4.99 Å². The number of nitrogens with zero attached hydrogens (tertiary/aromatic N) is 1. The minimum Gasteiger partial charge on any atom is -0.360 e. The van der Waals surface area contributed by atoms with Crippen LogP contribution < -0.4 is 0 Å². The molecule has 1 N–H and O–H groups in total. The summed E-state index contributed by atoms with van der Waals surface area (Å²) in [5, 5.41) is 0. The highest BCUT2D eigenvalue weighted by Crippen LogP contribution is 2.26. The maximum absolute atomic E-state index is 4.71. The number of hydrogen-bond acceptors (Lipinski definition) is 1. The summed E-state index contributed by atoms with van der Waals surface area (Å²) >= 11 is 0. The van der Waals surface area contributed by atoms with Crippen molar-refractivity contribution in [1.82, 2.24) is 4.98 Å². The van der Waals surface area contributed by atoms with Crippen molar-refractivity contribution in [1.29, 1.82) is 0 Å². The molecule has 0 saturated carbocycles. The number of aromatic amines is 1. The monoisotopic (exact) mass is 226 g/mol. The fourth-order valence-corrected chi connectivity index (χ4v) is 1.87. The van der Waals surface area contributed by atoms with E-state index in [0.29, 0.717) is 5.92 Å². The number of hydrogen-bond donors (Lipinski definition) is 1. The average Bonchev–Trinajstić information content (AvgIpc) is 2.83. The van der Waals surface area contributed by atoms with Crippen LogP contribution >= 0.6 is 0 Å². The second-order valence-electron chi connectivity index (χ2n) is 4.49. The molecule has 0 saturated heterocycles. The summed E-state index contributed by atoms with van der Waals surface area (Å²) in [5.41, 5.74) is 4.44. The molecule has 17 heavy (non-hydrogen) atoms. The molecular weight excluding hydrogens is 208 g/mol. The number of aromatic nitrogens is 1. The number of H-pyrrole nitrogens is 1. The van der Waals surface area contributed by atoms with Gasteiger partial charge >= 0.3 is 0 Å². The first-order chi connectivity index (χ1) is 8.18. The van der Waals surface area contributed by atoms with Crippen LogP contribution in [0, 0.1) is 0 Å². The Bertz CT molecular complexity index is 507. The molecule has 0 radical (unpaired) electrons. The van der Waals surface area contributed by atoms with Gasteiger partial charge in [0, 0.05) is 6.20 Å². The topological polar surface area (TPSA) is 28.1 Å². The van der Waals surface area contributed by atoms with Crippen LogP contribution in [-0.2, 0) is 0 Å². The van der Waals surface area contributed by atoms with Gasteiger partial charge in [0.2, 0.25) is 0 Å².